The molecule has 1 rings (SSSR count). The van der Waals surface area contributed by atoms with E-state index in [0.717, 1.165) is 25.4 Å². The average molecular weight is 276 g/mol. The summed E-state index contributed by atoms with van der Waals surface area (Å²) in [6.45, 7) is 2.54. The van der Waals surface area contributed by atoms with Gasteiger partial charge in [-0.15, -0.1) is 0 Å². The molecule has 0 heterocycles. The van der Waals surface area contributed by atoms with E-state index in [4.69, 9.17) is 0 Å². The molecule has 1 saturated carbocycles. The van der Waals surface area contributed by atoms with Crippen molar-refractivity contribution in [2.24, 2.45) is 5.92 Å². The zero-order valence-corrected chi connectivity index (χ0v) is 12.4. The summed E-state index contributed by atoms with van der Waals surface area (Å²) in [5.41, 5.74) is 0. The second-order valence-corrected chi connectivity index (χ2v) is 7.27. The number of hydrogen-bond donors (Lipinski definition) is 2. The first kappa shape index (κ1) is 15.9. The van der Waals surface area contributed by atoms with Gasteiger partial charge in [-0.3, -0.25) is 0 Å². The summed E-state index contributed by atoms with van der Waals surface area (Å²) < 4.78 is 24.2. The molecule has 0 unspecified atom stereocenters. The van der Waals surface area contributed by atoms with Gasteiger partial charge in [0, 0.05) is 6.54 Å². The summed E-state index contributed by atoms with van der Waals surface area (Å²) in [4.78, 5) is 0. The van der Waals surface area contributed by atoms with Crippen LogP contribution < -0.4 is 10.0 Å². The fraction of sp³-hybridized carbons (Fsp3) is 1.00. The lowest BCUT2D eigenvalue weighted by Gasteiger charge is -2.20. The van der Waals surface area contributed by atoms with Crippen molar-refractivity contribution in [2.75, 3.05) is 25.9 Å². The first-order valence-electron chi connectivity index (χ1n) is 7.23. The third-order valence-electron chi connectivity index (χ3n) is 3.55. The van der Waals surface area contributed by atoms with Crippen molar-refractivity contribution in [2.45, 2.75) is 51.4 Å². The molecule has 18 heavy (non-hydrogen) atoms. The molecule has 0 aromatic heterocycles. The summed E-state index contributed by atoms with van der Waals surface area (Å²) >= 11 is 0. The van der Waals surface area contributed by atoms with Gasteiger partial charge in [0.25, 0.3) is 0 Å². The van der Waals surface area contributed by atoms with Crippen molar-refractivity contribution in [3.05, 3.63) is 0 Å². The van der Waals surface area contributed by atoms with Crippen LogP contribution in [-0.2, 0) is 10.0 Å². The Bertz CT molecular complexity index is 296. The Morgan fingerprint density at radius 2 is 1.61 bits per heavy atom. The molecular weight excluding hydrogens is 248 g/mol. The zero-order valence-electron chi connectivity index (χ0n) is 11.6. The molecule has 1 aliphatic rings. The predicted molar refractivity (Wildman–Crippen MR) is 76.1 cm³/mol. The summed E-state index contributed by atoms with van der Waals surface area (Å²) in [6, 6.07) is 0. The Labute approximate surface area is 112 Å². The molecule has 0 bridgehead atoms. The van der Waals surface area contributed by atoms with E-state index in [1.165, 1.54) is 51.2 Å². The molecule has 108 valence electrons. The van der Waals surface area contributed by atoms with Crippen molar-refractivity contribution < 1.29 is 8.42 Å². The molecule has 0 aromatic carbocycles. The molecule has 0 amide bonds. The van der Waals surface area contributed by atoms with Crippen molar-refractivity contribution in [1.29, 1.82) is 0 Å². The summed E-state index contributed by atoms with van der Waals surface area (Å²) in [5, 5.41) is 3.45. The van der Waals surface area contributed by atoms with Crippen LogP contribution in [0.25, 0.3) is 0 Å². The third-order valence-corrected chi connectivity index (χ3v) is 4.28. The third kappa shape index (κ3) is 8.89. The van der Waals surface area contributed by atoms with E-state index in [1.54, 1.807) is 0 Å². The Kier molecular flexibility index (Phi) is 7.86. The highest BCUT2D eigenvalue weighted by atomic mass is 32.2. The lowest BCUT2D eigenvalue weighted by molar-refractivity contribution is 0.361. The molecule has 0 atom stereocenters. The highest BCUT2D eigenvalue weighted by Crippen LogP contribution is 2.21. The van der Waals surface area contributed by atoms with E-state index in [2.05, 4.69) is 10.0 Å². The first-order valence-corrected chi connectivity index (χ1v) is 9.12. The van der Waals surface area contributed by atoms with E-state index < -0.39 is 10.0 Å². The lowest BCUT2D eigenvalue weighted by atomic mass is 9.91. The Hall–Kier alpha value is -0.130. The zero-order chi connectivity index (χ0) is 13.3. The first-order chi connectivity index (χ1) is 8.58. The van der Waals surface area contributed by atoms with Crippen molar-refractivity contribution in [3.63, 3.8) is 0 Å². The Morgan fingerprint density at radius 1 is 1.00 bits per heavy atom. The number of sulfonamides is 1. The summed E-state index contributed by atoms with van der Waals surface area (Å²) in [7, 11) is -3.02. The molecule has 1 aliphatic carbocycles. The highest BCUT2D eigenvalue weighted by molar-refractivity contribution is 7.88. The minimum absolute atomic E-state index is 0.538. The van der Waals surface area contributed by atoms with Crippen LogP contribution in [0.4, 0.5) is 0 Å². The van der Waals surface area contributed by atoms with Gasteiger partial charge in [-0.1, -0.05) is 32.1 Å². The second kappa shape index (κ2) is 8.88. The van der Waals surface area contributed by atoms with E-state index in [1.807, 2.05) is 0 Å². The van der Waals surface area contributed by atoms with Crippen LogP contribution in [0.5, 0.6) is 0 Å². The molecule has 5 heteroatoms. The van der Waals surface area contributed by atoms with Gasteiger partial charge in [0.15, 0.2) is 0 Å². The molecule has 0 spiro atoms. The van der Waals surface area contributed by atoms with Crippen LogP contribution in [0.15, 0.2) is 0 Å². The largest absolute Gasteiger partial charge is 0.316 e. The van der Waals surface area contributed by atoms with E-state index in [0.29, 0.717) is 6.54 Å². The van der Waals surface area contributed by atoms with Gasteiger partial charge >= 0.3 is 0 Å². The van der Waals surface area contributed by atoms with Crippen molar-refractivity contribution in [3.8, 4) is 0 Å². The predicted octanol–water partition coefficient (Wildman–Crippen LogP) is 1.88. The van der Waals surface area contributed by atoms with Gasteiger partial charge in [-0.25, -0.2) is 13.1 Å². The fourth-order valence-corrected chi connectivity index (χ4v) is 3.04. The van der Waals surface area contributed by atoms with Gasteiger partial charge in [0.05, 0.1) is 6.26 Å². The van der Waals surface area contributed by atoms with Crippen LogP contribution in [0.3, 0.4) is 0 Å². The topological polar surface area (TPSA) is 58.2 Å². The monoisotopic (exact) mass is 276 g/mol. The van der Waals surface area contributed by atoms with Crippen LogP contribution in [0.2, 0.25) is 0 Å². The van der Waals surface area contributed by atoms with Gasteiger partial charge in [-0.05, 0) is 38.3 Å². The summed E-state index contributed by atoms with van der Waals surface area (Å²) in [5.74, 6) is 0.827. The average Bonchev–Trinajstić information content (AvgIpc) is 2.23. The normalized spacial score (nSPS) is 19.4. The molecule has 0 aromatic rings. The standard InChI is InChI=1S/C13H28N2O2S/c1-18(16,17)15-11-7-10-14-12-13-8-5-3-2-4-6-9-13/h13-15H,2-12H2,1H3. The molecule has 2 N–H and O–H groups in total. The lowest BCUT2D eigenvalue weighted by Crippen LogP contribution is -2.29. The SMILES string of the molecule is CS(=O)(=O)NCCCNCC1CCCCCCC1. The fourth-order valence-electron chi connectivity index (χ4n) is 2.52. The van der Waals surface area contributed by atoms with Crippen molar-refractivity contribution in [1.82, 2.24) is 10.0 Å². The Morgan fingerprint density at radius 3 is 2.22 bits per heavy atom. The number of nitrogens with one attached hydrogen (secondary N) is 2. The maximum atomic E-state index is 10.9. The minimum Gasteiger partial charge on any atom is -0.316 e. The Balaban J connectivity index is 1.99. The maximum absolute atomic E-state index is 10.9. The highest BCUT2D eigenvalue weighted by Gasteiger charge is 2.10. The van der Waals surface area contributed by atoms with Gasteiger partial charge < -0.3 is 5.32 Å². The van der Waals surface area contributed by atoms with Crippen LogP contribution >= 0.6 is 0 Å². The minimum atomic E-state index is -3.02. The van der Waals surface area contributed by atoms with Gasteiger partial charge in [-0.2, -0.15) is 0 Å². The maximum Gasteiger partial charge on any atom is 0.208 e. The molecular formula is C13H28N2O2S. The van der Waals surface area contributed by atoms with Crippen LogP contribution in [-0.4, -0.2) is 34.3 Å². The molecule has 0 aliphatic heterocycles. The van der Waals surface area contributed by atoms with Gasteiger partial charge in [0.2, 0.25) is 10.0 Å². The molecule has 1 fully saturated rings. The quantitative estimate of drug-likeness (QED) is 0.698. The van der Waals surface area contributed by atoms with E-state index in [-0.39, 0.29) is 0 Å². The van der Waals surface area contributed by atoms with Crippen LogP contribution in [0, 0.1) is 5.92 Å². The van der Waals surface area contributed by atoms with Crippen LogP contribution in [0.1, 0.15) is 51.4 Å². The molecule has 0 radical (unpaired) electrons. The molecule has 0 saturated heterocycles. The second-order valence-electron chi connectivity index (χ2n) is 5.44. The molecule has 4 nitrogen and oxygen atoms in total. The van der Waals surface area contributed by atoms with E-state index >= 15 is 0 Å². The number of hydrogen-bond acceptors (Lipinski definition) is 3. The summed E-state index contributed by atoms with van der Waals surface area (Å²) in [6.07, 6.45) is 11.7. The smallest absolute Gasteiger partial charge is 0.208 e. The van der Waals surface area contributed by atoms with E-state index in [9.17, 15) is 8.42 Å². The van der Waals surface area contributed by atoms with Gasteiger partial charge in [0.1, 0.15) is 0 Å². The number of rotatable bonds is 7. The van der Waals surface area contributed by atoms with Crippen molar-refractivity contribution >= 4 is 10.0 Å².